The smallest absolute Gasteiger partial charge is 0.150 e. The molecule has 96 valence electrons. The second-order valence-corrected chi connectivity index (χ2v) is 4.62. The molecular formula is C14H18ClN3. The molecule has 0 aliphatic rings. The fraction of sp³-hybridized carbons (Fsp3) is 0.429. The molecule has 0 N–H and O–H groups in total. The van der Waals surface area contributed by atoms with Gasteiger partial charge >= 0.3 is 0 Å². The van der Waals surface area contributed by atoms with Crippen molar-refractivity contribution in [3.63, 3.8) is 0 Å². The quantitative estimate of drug-likeness (QED) is 0.775. The molecule has 4 heteroatoms. The van der Waals surface area contributed by atoms with E-state index in [4.69, 9.17) is 16.6 Å². The molecule has 0 amide bonds. The number of rotatable bonds is 5. The first-order valence-electron chi connectivity index (χ1n) is 6.30. The van der Waals surface area contributed by atoms with Crippen LogP contribution in [-0.2, 0) is 0 Å². The molecule has 2 rings (SSSR count). The van der Waals surface area contributed by atoms with Crippen molar-refractivity contribution < 1.29 is 0 Å². The lowest BCUT2D eigenvalue weighted by Crippen LogP contribution is -2.26. The van der Waals surface area contributed by atoms with E-state index in [1.165, 1.54) is 0 Å². The third-order valence-corrected chi connectivity index (χ3v) is 3.23. The predicted octanol–water partition coefficient (Wildman–Crippen LogP) is 3.39. The number of aromatic nitrogens is 2. The third kappa shape index (κ3) is 2.72. The molecular weight excluding hydrogens is 246 g/mol. The van der Waals surface area contributed by atoms with E-state index < -0.39 is 0 Å². The Morgan fingerprint density at radius 2 is 1.83 bits per heavy atom. The molecule has 1 aromatic heterocycles. The average molecular weight is 264 g/mol. The molecule has 3 nitrogen and oxygen atoms in total. The number of anilines is 1. The fourth-order valence-electron chi connectivity index (χ4n) is 2.04. The predicted molar refractivity (Wildman–Crippen MR) is 77.5 cm³/mol. The fourth-order valence-corrected chi connectivity index (χ4v) is 2.16. The van der Waals surface area contributed by atoms with Gasteiger partial charge in [0.1, 0.15) is 0 Å². The van der Waals surface area contributed by atoms with Crippen molar-refractivity contribution in [3.8, 4) is 0 Å². The summed E-state index contributed by atoms with van der Waals surface area (Å²) in [5.74, 6) is 1.65. The summed E-state index contributed by atoms with van der Waals surface area (Å²) in [4.78, 5) is 11.6. The maximum Gasteiger partial charge on any atom is 0.150 e. The minimum absolute atomic E-state index is 0.677. The molecule has 0 unspecified atom stereocenters. The van der Waals surface area contributed by atoms with E-state index in [1.807, 2.05) is 31.2 Å². The van der Waals surface area contributed by atoms with Gasteiger partial charge in [0, 0.05) is 19.0 Å². The highest BCUT2D eigenvalue weighted by atomic mass is 35.5. The van der Waals surface area contributed by atoms with Crippen LogP contribution in [-0.4, -0.2) is 28.9 Å². The number of halogens is 1. The molecule has 0 atom stereocenters. The van der Waals surface area contributed by atoms with Gasteiger partial charge in [-0.25, -0.2) is 9.97 Å². The Kier molecular flexibility index (Phi) is 4.37. The molecule has 0 saturated heterocycles. The van der Waals surface area contributed by atoms with Crippen LogP contribution in [0.1, 0.15) is 19.0 Å². The number of fused-ring (bicyclic) bond motifs is 1. The molecule has 0 bridgehead atoms. The first kappa shape index (κ1) is 13.1. The first-order chi connectivity index (χ1) is 8.76. The summed E-state index contributed by atoms with van der Waals surface area (Å²) in [7, 11) is 0. The van der Waals surface area contributed by atoms with Crippen molar-refractivity contribution >= 4 is 28.5 Å². The summed E-state index contributed by atoms with van der Waals surface area (Å²) in [6.45, 7) is 5.99. The number of benzene rings is 1. The summed E-state index contributed by atoms with van der Waals surface area (Å²) in [5, 5.41) is 0. The van der Waals surface area contributed by atoms with E-state index in [2.05, 4.69) is 16.8 Å². The summed E-state index contributed by atoms with van der Waals surface area (Å²) in [6, 6.07) is 7.97. The van der Waals surface area contributed by atoms with Crippen molar-refractivity contribution in [2.75, 3.05) is 23.9 Å². The van der Waals surface area contributed by atoms with Crippen molar-refractivity contribution in [1.82, 2.24) is 9.97 Å². The maximum absolute atomic E-state index is 5.76. The van der Waals surface area contributed by atoms with Crippen molar-refractivity contribution in [2.24, 2.45) is 0 Å². The van der Waals surface area contributed by atoms with Gasteiger partial charge < -0.3 is 4.90 Å². The lowest BCUT2D eigenvalue weighted by Gasteiger charge is -2.23. The van der Waals surface area contributed by atoms with Gasteiger partial charge in [-0.2, -0.15) is 0 Å². The van der Waals surface area contributed by atoms with Gasteiger partial charge in [0.25, 0.3) is 0 Å². The van der Waals surface area contributed by atoms with Crippen LogP contribution < -0.4 is 4.90 Å². The van der Waals surface area contributed by atoms with Crippen LogP contribution in [0.3, 0.4) is 0 Å². The highest BCUT2D eigenvalue weighted by Gasteiger charge is 2.11. The maximum atomic E-state index is 5.76. The van der Waals surface area contributed by atoms with Gasteiger partial charge in [-0.3, -0.25) is 0 Å². The van der Waals surface area contributed by atoms with Crippen molar-refractivity contribution in [3.05, 3.63) is 30.0 Å². The molecule has 2 aromatic rings. The zero-order valence-corrected chi connectivity index (χ0v) is 11.6. The molecule has 1 heterocycles. The van der Waals surface area contributed by atoms with Crippen LogP contribution in [0.15, 0.2) is 24.3 Å². The minimum atomic E-state index is 0.677. The second-order valence-electron chi connectivity index (χ2n) is 4.24. The summed E-state index contributed by atoms with van der Waals surface area (Å²) in [5.41, 5.74) is 2.87. The van der Waals surface area contributed by atoms with Crippen LogP contribution in [0.25, 0.3) is 11.0 Å². The zero-order valence-electron chi connectivity index (χ0n) is 10.9. The Labute approximate surface area is 113 Å². The van der Waals surface area contributed by atoms with Gasteiger partial charge in [-0.15, -0.1) is 11.6 Å². The van der Waals surface area contributed by atoms with Gasteiger partial charge in [-0.05, 0) is 32.4 Å². The molecule has 0 aliphatic carbocycles. The van der Waals surface area contributed by atoms with Crippen molar-refractivity contribution in [1.29, 1.82) is 0 Å². The van der Waals surface area contributed by atoms with Crippen LogP contribution in [0.5, 0.6) is 0 Å². The normalized spacial score (nSPS) is 10.8. The van der Waals surface area contributed by atoms with Crippen LogP contribution in [0.4, 0.5) is 5.82 Å². The Bertz CT molecular complexity index is 527. The van der Waals surface area contributed by atoms with Gasteiger partial charge in [0.2, 0.25) is 0 Å². The van der Waals surface area contributed by atoms with E-state index in [1.54, 1.807) is 0 Å². The van der Waals surface area contributed by atoms with E-state index in [0.29, 0.717) is 5.88 Å². The Balaban J connectivity index is 2.39. The summed E-state index contributed by atoms with van der Waals surface area (Å²) in [6.07, 6.45) is 0.962. The first-order valence-corrected chi connectivity index (χ1v) is 6.84. The monoisotopic (exact) mass is 263 g/mol. The largest absolute Gasteiger partial charge is 0.355 e. The standard InChI is InChI=1S/C14H18ClN3/c1-3-18(10-6-9-15)14-11(2)16-12-7-4-5-8-13(12)17-14/h4-5,7-8H,3,6,9-10H2,1-2H3. The lowest BCUT2D eigenvalue weighted by molar-refractivity contribution is 0.776. The molecule has 1 aromatic carbocycles. The van der Waals surface area contributed by atoms with Crippen molar-refractivity contribution in [2.45, 2.75) is 20.3 Å². The van der Waals surface area contributed by atoms with Crippen LogP contribution >= 0.6 is 11.6 Å². The molecule has 18 heavy (non-hydrogen) atoms. The molecule has 0 aliphatic heterocycles. The van der Waals surface area contributed by atoms with E-state index in [9.17, 15) is 0 Å². The van der Waals surface area contributed by atoms with E-state index in [-0.39, 0.29) is 0 Å². The van der Waals surface area contributed by atoms with Crippen LogP contribution in [0, 0.1) is 6.92 Å². The number of para-hydroxylation sites is 2. The topological polar surface area (TPSA) is 29.0 Å². The number of aryl methyl sites for hydroxylation is 1. The third-order valence-electron chi connectivity index (χ3n) is 2.96. The number of hydrogen-bond acceptors (Lipinski definition) is 3. The minimum Gasteiger partial charge on any atom is -0.355 e. The Morgan fingerprint density at radius 3 is 2.44 bits per heavy atom. The van der Waals surface area contributed by atoms with Gasteiger partial charge in [-0.1, -0.05) is 12.1 Å². The molecule has 0 fully saturated rings. The molecule has 0 saturated carbocycles. The Morgan fingerprint density at radius 1 is 1.17 bits per heavy atom. The summed E-state index contributed by atoms with van der Waals surface area (Å²) >= 11 is 5.76. The number of hydrogen-bond donors (Lipinski definition) is 0. The average Bonchev–Trinajstić information content (AvgIpc) is 2.40. The molecule has 0 spiro atoms. The van der Waals surface area contributed by atoms with Gasteiger partial charge in [0.05, 0.1) is 16.7 Å². The van der Waals surface area contributed by atoms with Gasteiger partial charge in [0.15, 0.2) is 5.82 Å². The second kappa shape index (κ2) is 6.01. The lowest BCUT2D eigenvalue weighted by atomic mass is 10.2. The van der Waals surface area contributed by atoms with Crippen LogP contribution in [0.2, 0.25) is 0 Å². The van der Waals surface area contributed by atoms with E-state index >= 15 is 0 Å². The SMILES string of the molecule is CCN(CCCCl)c1nc2ccccc2nc1C. The highest BCUT2D eigenvalue weighted by Crippen LogP contribution is 2.19. The number of alkyl halides is 1. The molecule has 0 radical (unpaired) electrons. The summed E-state index contributed by atoms with van der Waals surface area (Å²) < 4.78 is 0. The number of nitrogens with zero attached hydrogens (tertiary/aromatic N) is 3. The highest BCUT2D eigenvalue weighted by molar-refractivity contribution is 6.17. The zero-order chi connectivity index (χ0) is 13.0. The Hall–Kier alpha value is -1.35. The van der Waals surface area contributed by atoms with E-state index in [0.717, 1.165) is 42.1 Å².